The monoisotopic (exact) mass is 308 g/mol. The van der Waals surface area contributed by atoms with Crippen LogP contribution in [-0.2, 0) is 19.3 Å². The van der Waals surface area contributed by atoms with Crippen LogP contribution in [-0.4, -0.2) is 18.1 Å². The number of fused-ring (bicyclic) bond motifs is 1. The van der Waals surface area contributed by atoms with Crippen LogP contribution in [0.3, 0.4) is 0 Å². The number of hydrogen-bond donors (Lipinski definition) is 2. The summed E-state index contributed by atoms with van der Waals surface area (Å²) in [6.45, 7) is 2.06. The van der Waals surface area contributed by atoms with E-state index in [0.717, 1.165) is 25.7 Å². The highest BCUT2D eigenvalue weighted by Crippen LogP contribution is 2.21. The zero-order chi connectivity index (χ0) is 16.1. The van der Waals surface area contributed by atoms with Crippen molar-refractivity contribution in [3.8, 4) is 0 Å². The number of rotatable bonds is 5. The molecule has 2 amide bonds. The Morgan fingerprint density at radius 2 is 1.65 bits per heavy atom. The van der Waals surface area contributed by atoms with Crippen LogP contribution >= 0.6 is 0 Å². The number of hydrogen-bond acceptors (Lipinski definition) is 1. The highest BCUT2D eigenvalue weighted by atomic mass is 16.2. The molecule has 0 saturated heterocycles. The van der Waals surface area contributed by atoms with Gasteiger partial charge in [-0.2, -0.15) is 0 Å². The second-order valence-electron chi connectivity index (χ2n) is 6.42. The zero-order valence-corrected chi connectivity index (χ0v) is 13.6. The Balaban J connectivity index is 1.41. The number of benzene rings is 2. The van der Waals surface area contributed by atoms with Gasteiger partial charge in [0.05, 0.1) is 0 Å². The quantitative estimate of drug-likeness (QED) is 0.872. The summed E-state index contributed by atoms with van der Waals surface area (Å²) < 4.78 is 0. The minimum atomic E-state index is -0.0524. The molecule has 23 heavy (non-hydrogen) atoms. The summed E-state index contributed by atoms with van der Waals surface area (Å²) in [5.41, 5.74) is 4.03. The Labute approximate surface area is 138 Å². The first-order chi connectivity index (χ1) is 11.2. The molecular weight excluding hydrogens is 284 g/mol. The van der Waals surface area contributed by atoms with Crippen molar-refractivity contribution in [1.82, 2.24) is 10.6 Å². The van der Waals surface area contributed by atoms with Gasteiger partial charge in [-0.1, -0.05) is 54.6 Å². The van der Waals surface area contributed by atoms with Gasteiger partial charge >= 0.3 is 6.03 Å². The van der Waals surface area contributed by atoms with E-state index >= 15 is 0 Å². The summed E-state index contributed by atoms with van der Waals surface area (Å²) >= 11 is 0. The lowest BCUT2D eigenvalue weighted by atomic mass is 10.1. The summed E-state index contributed by atoms with van der Waals surface area (Å²) in [7, 11) is 0. The van der Waals surface area contributed by atoms with E-state index in [4.69, 9.17) is 0 Å². The highest BCUT2D eigenvalue weighted by Gasteiger charge is 2.22. The largest absolute Gasteiger partial charge is 0.336 e. The minimum absolute atomic E-state index is 0.0524. The molecule has 0 heterocycles. The number of urea groups is 1. The molecule has 0 fully saturated rings. The Hall–Kier alpha value is -2.29. The summed E-state index contributed by atoms with van der Waals surface area (Å²) in [6.07, 6.45) is 3.80. The third-order valence-corrected chi connectivity index (χ3v) is 4.47. The first kappa shape index (κ1) is 15.6. The SMILES string of the molecule is CC(CCc1ccccc1)NC(=O)NC1Cc2ccccc2C1. The molecule has 2 aromatic rings. The number of carbonyl (C=O) groups is 1. The minimum Gasteiger partial charge on any atom is -0.336 e. The first-order valence-corrected chi connectivity index (χ1v) is 8.38. The van der Waals surface area contributed by atoms with Crippen LogP contribution in [0.2, 0.25) is 0 Å². The molecule has 2 aromatic carbocycles. The molecule has 3 nitrogen and oxygen atoms in total. The fourth-order valence-electron chi connectivity index (χ4n) is 3.21. The van der Waals surface area contributed by atoms with Crippen molar-refractivity contribution in [1.29, 1.82) is 0 Å². The van der Waals surface area contributed by atoms with Crippen LogP contribution in [0.1, 0.15) is 30.0 Å². The molecule has 120 valence electrons. The molecule has 0 aromatic heterocycles. The van der Waals surface area contributed by atoms with Crippen molar-refractivity contribution in [3.63, 3.8) is 0 Å². The van der Waals surface area contributed by atoms with E-state index in [9.17, 15) is 4.79 Å². The lowest BCUT2D eigenvalue weighted by Gasteiger charge is -2.17. The lowest BCUT2D eigenvalue weighted by molar-refractivity contribution is 0.233. The van der Waals surface area contributed by atoms with Gasteiger partial charge in [0, 0.05) is 12.1 Å². The number of amides is 2. The van der Waals surface area contributed by atoms with E-state index in [1.807, 2.05) is 6.07 Å². The second kappa shape index (κ2) is 7.32. The van der Waals surface area contributed by atoms with Crippen molar-refractivity contribution >= 4 is 6.03 Å². The van der Waals surface area contributed by atoms with Gasteiger partial charge in [-0.15, -0.1) is 0 Å². The number of aryl methyl sites for hydroxylation is 1. The molecule has 0 bridgehead atoms. The van der Waals surface area contributed by atoms with Crippen molar-refractivity contribution in [3.05, 3.63) is 71.3 Å². The summed E-state index contributed by atoms with van der Waals surface area (Å²) in [5.74, 6) is 0. The Morgan fingerprint density at radius 3 is 2.30 bits per heavy atom. The molecule has 1 unspecified atom stereocenters. The van der Waals surface area contributed by atoms with Gasteiger partial charge in [0.1, 0.15) is 0 Å². The van der Waals surface area contributed by atoms with Gasteiger partial charge < -0.3 is 10.6 Å². The third kappa shape index (κ3) is 4.35. The van der Waals surface area contributed by atoms with Crippen LogP contribution in [0.4, 0.5) is 4.79 Å². The fraction of sp³-hybridized carbons (Fsp3) is 0.350. The molecule has 2 N–H and O–H groups in total. The molecule has 0 aliphatic heterocycles. The summed E-state index contributed by atoms with van der Waals surface area (Å²) in [4.78, 5) is 12.1. The molecule has 3 rings (SSSR count). The van der Waals surface area contributed by atoms with E-state index in [1.165, 1.54) is 16.7 Å². The second-order valence-corrected chi connectivity index (χ2v) is 6.42. The predicted molar refractivity (Wildman–Crippen MR) is 93.5 cm³/mol. The van der Waals surface area contributed by atoms with Gasteiger partial charge in [0.15, 0.2) is 0 Å². The van der Waals surface area contributed by atoms with Gasteiger partial charge in [-0.3, -0.25) is 0 Å². The Morgan fingerprint density at radius 1 is 1.04 bits per heavy atom. The van der Waals surface area contributed by atoms with Gasteiger partial charge in [0.25, 0.3) is 0 Å². The summed E-state index contributed by atoms with van der Waals surface area (Å²) in [5, 5.41) is 6.16. The van der Waals surface area contributed by atoms with Gasteiger partial charge in [-0.25, -0.2) is 4.79 Å². The Kier molecular flexibility index (Phi) is 4.96. The average Bonchev–Trinajstić information content (AvgIpc) is 2.96. The third-order valence-electron chi connectivity index (χ3n) is 4.47. The number of carbonyl (C=O) groups excluding carboxylic acids is 1. The molecule has 0 spiro atoms. The van der Waals surface area contributed by atoms with E-state index < -0.39 is 0 Å². The predicted octanol–water partition coefficient (Wildman–Crippen LogP) is 3.47. The molecule has 0 radical (unpaired) electrons. The van der Waals surface area contributed by atoms with Crippen LogP contribution in [0.25, 0.3) is 0 Å². The maximum Gasteiger partial charge on any atom is 0.315 e. The molecule has 3 heteroatoms. The van der Waals surface area contributed by atoms with Crippen molar-refractivity contribution in [2.45, 2.75) is 44.7 Å². The highest BCUT2D eigenvalue weighted by molar-refractivity contribution is 5.74. The Bertz CT molecular complexity index is 629. The van der Waals surface area contributed by atoms with Crippen molar-refractivity contribution in [2.24, 2.45) is 0 Å². The van der Waals surface area contributed by atoms with Crippen molar-refractivity contribution in [2.75, 3.05) is 0 Å². The van der Waals surface area contributed by atoms with E-state index in [0.29, 0.717) is 0 Å². The first-order valence-electron chi connectivity index (χ1n) is 8.38. The maximum atomic E-state index is 12.1. The average molecular weight is 308 g/mol. The van der Waals surface area contributed by atoms with Gasteiger partial charge in [0.2, 0.25) is 0 Å². The van der Waals surface area contributed by atoms with Crippen LogP contribution < -0.4 is 10.6 Å². The molecular formula is C20H24N2O. The van der Waals surface area contributed by atoms with E-state index in [-0.39, 0.29) is 18.1 Å². The van der Waals surface area contributed by atoms with E-state index in [2.05, 4.69) is 66.1 Å². The summed E-state index contributed by atoms with van der Waals surface area (Å²) in [6, 6.07) is 19.1. The molecule has 0 saturated carbocycles. The van der Waals surface area contributed by atoms with Crippen LogP contribution in [0, 0.1) is 0 Å². The van der Waals surface area contributed by atoms with E-state index in [1.54, 1.807) is 0 Å². The van der Waals surface area contributed by atoms with Gasteiger partial charge in [-0.05, 0) is 49.3 Å². The zero-order valence-electron chi connectivity index (χ0n) is 13.6. The molecule has 1 atom stereocenters. The van der Waals surface area contributed by atoms with Crippen LogP contribution in [0.5, 0.6) is 0 Å². The maximum absolute atomic E-state index is 12.1. The smallest absolute Gasteiger partial charge is 0.315 e. The lowest BCUT2D eigenvalue weighted by Crippen LogP contribution is -2.45. The fourth-order valence-corrected chi connectivity index (χ4v) is 3.21. The van der Waals surface area contributed by atoms with Crippen molar-refractivity contribution < 1.29 is 4.79 Å². The topological polar surface area (TPSA) is 41.1 Å². The van der Waals surface area contributed by atoms with Crippen LogP contribution in [0.15, 0.2) is 54.6 Å². The standard InChI is InChI=1S/C20H24N2O/c1-15(11-12-16-7-3-2-4-8-16)21-20(23)22-19-13-17-9-5-6-10-18(17)14-19/h2-10,15,19H,11-14H2,1H3,(H2,21,22,23). The normalized spacial score (nSPS) is 15.0. The molecule has 1 aliphatic rings. The molecule has 1 aliphatic carbocycles. The number of nitrogens with one attached hydrogen (secondary N) is 2.